The second-order valence-electron chi connectivity index (χ2n) is 6.37. The van der Waals surface area contributed by atoms with Crippen LogP contribution in [-0.4, -0.2) is 27.3 Å². The zero-order chi connectivity index (χ0) is 17.1. The van der Waals surface area contributed by atoms with E-state index >= 15 is 0 Å². The maximum Gasteiger partial charge on any atom is 0.161 e. The molecule has 0 bridgehead atoms. The fourth-order valence-electron chi connectivity index (χ4n) is 3.99. The van der Waals surface area contributed by atoms with Crippen molar-refractivity contribution in [1.82, 2.24) is 5.32 Å². The topological polar surface area (TPSA) is 30.5 Å². The molecular formula is C21H27NO2. The number of nitrogens with one attached hydrogen (secondary N) is 1. The van der Waals surface area contributed by atoms with E-state index in [1.54, 1.807) is 14.2 Å². The van der Waals surface area contributed by atoms with Gasteiger partial charge in [0.05, 0.1) is 14.2 Å². The standard InChI is InChI=1S/C21H27NO2/c1-5-14-12-19(23-3)20(24-4)13-17(14)21-16-9-7-6-8-15(16)10-11-18(21)22-2/h6-9,12-13,18,21-22H,5,10-11H2,1-4H3/t18-,21-/m0/s1. The van der Waals surface area contributed by atoms with E-state index in [1.165, 1.54) is 22.3 Å². The predicted molar refractivity (Wildman–Crippen MR) is 98.4 cm³/mol. The fourth-order valence-corrected chi connectivity index (χ4v) is 3.99. The fraction of sp³-hybridized carbons (Fsp3) is 0.429. The number of likely N-dealkylation sites (N-methyl/N-ethyl adjacent to an activating group) is 1. The molecule has 2 aromatic carbocycles. The van der Waals surface area contributed by atoms with Crippen LogP contribution < -0.4 is 14.8 Å². The molecule has 2 aromatic rings. The molecule has 3 heteroatoms. The molecule has 0 saturated heterocycles. The zero-order valence-corrected chi connectivity index (χ0v) is 15.1. The van der Waals surface area contributed by atoms with E-state index in [1.807, 2.05) is 0 Å². The molecule has 0 saturated carbocycles. The van der Waals surface area contributed by atoms with Crippen LogP contribution in [0.15, 0.2) is 36.4 Å². The molecule has 1 aliphatic rings. The van der Waals surface area contributed by atoms with Gasteiger partial charge in [-0.2, -0.15) is 0 Å². The lowest BCUT2D eigenvalue weighted by Crippen LogP contribution is -2.37. The van der Waals surface area contributed by atoms with Gasteiger partial charge in [-0.25, -0.2) is 0 Å². The van der Waals surface area contributed by atoms with Gasteiger partial charge in [0.1, 0.15) is 0 Å². The summed E-state index contributed by atoms with van der Waals surface area (Å²) in [5, 5.41) is 3.54. The average molecular weight is 325 g/mol. The van der Waals surface area contributed by atoms with Crippen molar-refractivity contribution in [1.29, 1.82) is 0 Å². The summed E-state index contributed by atoms with van der Waals surface area (Å²) in [5.74, 6) is 1.96. The number of benzene rings is 2. The summed E-state index contributed by atoms with van der Waals surface area (Å²) in [5.41, 5.74) is 5.58. The Morgan fingerprint density at radius 2 is 1.75 bits per heavy atom. The lowest BCUT2D eigenvalue weighted by molar-refractivity contribution is 0.353. The van der Waals surface area contributed by atoms with Crippen LogP contribution in [-0.2, 0) is 12.8 Å². The normalized spacial score (nSPS) is 19.7. The Balaban J connectivity index is 2.18. The van der Waals surface area contributed by atoms with Crippen molar-refractivity contribution < 1.29 is 9.47 Å². The number of hydrogen-bond acceptors (Lipinski definition) is 3. The van der Waals surface area contributed by atoms with Gasteiger partial charge in [-0.1, -0.05) is 31.2 Å². The molecule has 0 spiro atoms. The summed E-state index contributed by atoms with van der Waals surface area (Å²) in [4.78, 5) is 0. The first-order valence-corrected chi connectivity index (χ1v) is 8.73. The minimum absolute atomic E-state index is 0.342. The molecule has 128 valence electrons. The first-order valence-electron chi connectivity index (χ1n) is 8.73. The van der Waals surface area contributed by atoms with Crippen molar-refractivity contribution >= 4 is 0 Å². The van der Waals surface area contributed by atoms with Gasteiger partial charge in [0.15, 0.2) is 11.5 Å². The minimum atomic E-state index is 0.342. The molecule has 0 aliphatic heterocycles. The molecule has 0 aromatic heterocycles. The van der Waals surface area contributed by atoms with Crippen molar-refractivity contribution in [3.63, 3.8) is 0 Å². The summed E-state index contributed by atoms with van der Waals surface area (Å²) in [6.07, 6.45) is 3.26. The molecule has 3 nitrogen and oxygen atoms in total. The summed E-state index contributed by atoms with van der Waals surface area (Å²) < 4.78 is 11.1. The lowest BCUT2D eigenvalue weighted by atomic mass is 9.74. The van der Waals surface area contributed by atoms with Crippen LogP contribution in [0.25, 0.3) is 0 Å². The van der Waals surface area contributed by atoms with Gasteiger partial charge in [0.25, 0.3) is 0 Å². The van der Waals surface area contributed by atoms with E-state index in [0.717, 1.165) is 30.8 Å². The Bertz CT molecular complexity index is 711. The van der Waals surface area contributed by atoms with E-state index in [2.05, 4.69) is 55.7 Å². The summed E-state index contributed by atoms with van der Waals surface area (Å²) in [6, 6.07) is 13.6. The number of ether oxygens (including phenoxy) is 2. The van der Waals surface area contributed by atoms with Crippen LogP contribution >= 0.6 is 0 Å². The third kappa shape index (κ3) is 2.89. The maximum atomic E-state index is 5.58. The Morgan fingerprint density at radius 1 is 1.04 bits per heavy atom. The minimum Gasteiger partial charge on any atom is -0.493 e. The van der Waals surface area contributed by atoms with E-state index in [-0.39, 0.29) is 0 Å². The van der Waals surface area contributed by atoms with Gasteiger partial charge in [-0.3, -0.25) is 0 Å². The highest BCUT2D eigenvalue weighted by Gasteiger charge is 2.31. The van der Waals surface area contributed by atoms with Gasteiger partial charge >= 0.3 is 0 Å². The molecule has 0 fully saturated rings. The summed E-state index contributed by atoms with van der Waals surface area (Å²) >= 11 is 0. The molecule has 0 amide bonds. The average Bonchev–Trinajstić information content (AvgIpc) is 2.65. The molecule has 1 aliphatic carbocycles. The van der Waals surface area contributed by atoms with Gasteiger partial charge in [-0.05, 0) is 60.7 Å². The van der Waals surface area contributed by atoms with Crippen LogP contribution in [0.4, 0.5) is 0 Å². The number of methoxy groups -OCH3 is 2. The van der Waals surface area contributed by atoms with Crippen molar-refractivity contribution in [3.05, 3.63) is 58.7 Å². The van der Waals surface area contributed by atoms with Gasteiger partial charge in [-0.15, -0.1) is 0 Å². The van der Waals surface area contributed by atoms with E-state index in [9.17, 15) is 0 Å². The molecule has 0 radical (unpaired) electrons. The third-order valence-electron chi connectivity index (χ3n) is 5.25. The van der Waals surface area contributed by atoms with E-state index in [4.69, 9.17) is 9.47 Å². The smallest absolute Gasteiger partial charge is 0.161 e. The van der Waals surface area contributed by atoms with Crippen LogP contribution in [0.1, 0.15) is 41.5 Å². The Morgan fingerprint density at radius 3 is 2.42 bits per heavy atom. The quantitative estimate of drug-likeness (QED) is 0.903. The second-order valence-corrected chi connectivity index (χ2v) is 6.37. The van der Waals surface area contributed by atoms with E-state index < -0.39 is 0 Å². The predicted octanol–water partition coefficient (Wildman–Crippen LogP) is 3.93. The number of rotatable bonds is 5. The van der Waals surface area contributed by atoms with Gasteiger partial charge in [0, 0.05) is 12.0 Å². The number of hydrogen-bond donors (Lipinski definition) is 1. The van der Waals surface area contributed by atoms with Crippen molar-refractivity contribution in [2.75, 3.05) is 21.3 Å². The van der Waals surface area contributed by atoms with Crippen molar-refractivity contribution in [2.24, 2.45) is 0 Å². The summed E-state index contributed by atoms with van der Waals surface area (Å²) in [7, 11) is 5.47. The Kier molecular flexibility index (Phi) is 5.10. The number of aryl methyl sites for hydroxylation is 2. The van der Waals surface area contributed by atoms with Crippen LogP contribution in [0, 0.1) is 0 Å². The van der Waals surface area contributed by atoms with Crippen LogP contribution in [0.2, 0.25) is 0 Å². The highest BCUT2D eigenvalue weighted by atomic mass is 16.5. The molecular weight excluding hydrogens is 298 g/mol. The first kappa shape index (κ1) is 16.8. The summed E-state index contributed by atoms with van der Waals surface area (Å²) in [6.45, 7) is 2.20. The maximum absolute atomic E-state index is 5.58. The second kappa shape index (κ2) is 7.27. The van der Waals surface area contributed by atoms with Gasteiger partial charge < -0.3 is 14.8 Å². The Labute approximate surface area is 145 Å². The lowest BCUT2D eigenvalue weighted by Gasteiger charge is -2.35. The van der Waals surface area contributed by atoms with Crippen LogP contribution in [0.3, 0.4) is 0 Å². The van der Waals surface area contributed by atoms with Crippen molar-refractivity contribution in [3.8, 4) is 11.5 Å². The SMILES string of the molecule is CCc1cc(OC)c(OC)cc1[C@@H]1c2ccccc2CC[C@@H]1NC. The molecule has 2 atom stereocenters. The molecule has 1 N–H and O–H groups in total. The molecule has 0 unspecified atom stereocenters. The van der Waals surface area contributed by atoms with E-state index in [0.29, 0.717) is 12.0 Å². The molecule has 0 heterocycles. The highest BCUT2D eigenvalue weighted by molar-refractivity contribution is 5.53. The zero-order valence-electron chi connectivity index (χ0n) is 15.1. The Hall–Kier alpha value is -2.00. The molecule has 3 rings (SSSR count). The monoisotopic (exact) mass is 325 g/mol. The highest BCUT2D eigenvalue weighted by Crippen LogP contribution is 2.42. The largest absolute Gasteiger partial charge is 0.493 e. The van der Waals surface area contributed by atoms with Crippen molar-refractivity contribution in [2.45, 2.75) is 38.1 Å². The first-order chi connectivity index (χ1) is 11.7. The third-order valence-corrected chi connectivity index (χ3v) is 5.25. The molecule has 24 heavy (non-hydrogen) atoms. The van der Waals surface area contributed by atoms with Gasteiger partial charge in [0.2, 0.25) is 0 Å². The number of fused-ring (bicyclic) bond motifs is 1. The van der Waals surface area contributed by atoms with Crippen LogP contribution in [0.5, 0.6) is 11.5 Å².